The highest BCUT2D eigenvalue weighted by Crippen LogP contribution is 2.27. The van der Waals surface area contributed by atoms with Crippen LogP contribution in [0, 0.1) is 6.92 Å². The average molecular weight is 344 g/mol. The van der Waals surface area contributed by atoms with Crippen molar-refractivity contribution in [2.24, 2.45) is 0 Å². The lowest BCUT2D eigenvalue weighted by Crippen LogP contribution is -2.37. The number of nitrogens with one attached hydrogen (secondary N) is 1. The van der Waals surface area contributed by atoms with Gasteiger partial charge in [-0.2, -0.15) is 0 Å². The number of imide groups is 1. The third-order valence-corrected chi connectivity index (χ3v) is 4.71. The van der Waals surface area contributed by atoms with E-state index < -0.39 is 5.91 Å². The Labute approximate surface area is 142 Å². The molecule has 0 saturated carbocycles. The summed E-state index contributed by atoms with van der Waals surface area (Å²) in [6, 6.07) is 4.34. The van der Waals surface area contributed by atoms with Gasteiger partial charge >= 0.3 is 0 Å². The van der Waals surface area contributed by atoms with Gasteiger partial charge in [0.15, 0.2) is 0 Å². The van der Waals surface area contributed by atoms with E-state index in [2.05, 4.69) is 15.5 Å². The molecule has 8 heteroatoms. The number of fused-ring (bicyclic) bond motifs is 1. The molecule has 1 aromatic heterocycles. The molecule has 1 atom stereocenters. The number of carbonyl (C=O) groups is 3. The first-order chi connectivity index (χ1) is 11.4. The Morgan fingerprint density at radius 2 is 1.96 bits per heavy atom. The molecule has 0 spiro atoms. The fourth-order valence-electron chi connectivity index (χ4n) is 2.50. The molecule has 0 bridgehead atoms. The number of hydrogen-bond donors (Lipinski definition) is 1. The van der Waals surface area contributed by atoms with E-state index in [4.69, 9.17) is 0 Å². The molecule has 7 nitrogen and oxygen atoms in total. The number of anilines is 1. The smallest absolute Gasteiger partial charge is 0.261 e. The summed E-state index contributed by atoms with van der Waals surface area (Å²) in [4.78, 5) is 38.4. The minimum Gasteiger partial charge on any atom is -0.296 e. The number of aryl methyl sites for hydroxylation is 1. The summed E-state index contributed by atoms with van der Waals surface area (Å²) in [5, 5.41) is 11.4. The Kier molecular flexibility index (Phi) is 4.15. The van der Waals surface area contributed by atoms with Gasteiger partial charge in [-0.1, -0.05) is 18.3 Å². The number of aromatic nitrogens is 2. The molecule has 0 aliphatic carbocycles. The zero-order valence-corrected chi connectivity index (χ0v) is 14.3. The minimum absolute atomic E-state index is 0.181. The van der Waals surface area contributed by atoms with Gasteiger partial charge in [0.05, 0.1) is 11.1 Å². The van der Waals surface area contributed by atoms with Crippen LogP contribution in [0.1, 0.15) is 56.3 Å². The second-order valence-electron chi connectivity index (χ2n) is 5.58. The van der Waals surface area contributed by atoms with E-state index in [-0.39, 0.29) is 23.4 Å². The number of nitrogens with zero attached hydrogens (tertiary/aromatic N) is 3. The normalized spacial score (nSPS) is 14.7. The second kappa shape index (κ2) is 6.12. The molecule has 0 fully saturated rings. The first-order valence-electron chi connectivity index (χ1n) is 7.55. The zero-order valence-electron chi connectivity index (χ0n) is 13.5. The lowest BCUT2D eigenvalue weighted by atomic mass is 10.1. The summed E-state index contributed by atoms with van der Waals surface area (Å²) in [5.41, 5.74) is 0.902. The predicted octanol–water partition coefficient (Wildman–Crippen LogP) is 2.49. The maximum atomic E-state index is 12.5. The molecule has 3 amide bonds. The monoisotopic (exact) mass is 344 g/mol. The average Bonchev–Trinajstić information content (AvgIpc) is 3.08. The quantitative estimate of drug-likeness (QED) is 0.860. The van der Waals surface area contributed by atoms with Gasteiger partial charge in [-0.05, 0) is 38.5 Å². The summed E-state index contributed by atoms with van der Waals surface area (Å²) in [6.45, 7) is 5.53. The van der Waals surface area contributed by atoms with Crippen molar-refractivity contribution < 1.29 is 14.4 Å². The molecule has 1 aliphatic heterocycles. The van der Waals surface area contributed by atoms with Crippen LogP contribution in [-0.2, 0) is 0 Å². The van der Waals surface area contributed by atoms with Gasteiger partial charge in [-0.3, -0.25) is 24.6 Å². The fraction of sp³-hybridized carbons (Fsp3) is 0.312. The molecule has 0 saturated heterocycles. The fourth-order valence-corrected chi connectivity index (χ4v) is 3.09. The van der Waals surface area contributed by atoms with Gasteiger partial charge < -0.3 is 0 Å². The second-order valence-corrected chi connectivity index (χ2v) is 6.76. The lowest BCUT2D eigenvalue weighted by molar-refractivity contribution is 0.0593. The first-order valence-corrected chi connectivity index (χ1v) is 8.37. The highest BCUT2D eigenvalue weighted by molar-refractivity contribution is 7.15. The predicted molar refractivity (Wildman–Crippen MR) is 89.3 cm³/mol. The third-order valence-electron chi connectivity index (χ3n) is 3.96. The molecule has 2 heterocycles. The van der Waals surface area contributed by atoms with Crippen molar-refractivity contribution in [3.8, 4) is 0 Å². The number of benzene rings is 1. The van der Waals surface area contributed by atoms with E-state index in [1.807, 2.05) is 13.8 Å². The zero-order chi connectivity index (χ0) is 17.4. The SMILES string of the molecule is CC[C@@H](C)N1C(=O)c2ccc(C(=O)Nc3nnc(C)s3)cc2C1=O. The van der Waals surface area contributed by atoms with E-state index >= 15 is 0 Å². The molecular formula is C16H16N4O3S. The van der Waals surface area contributed by atoms with Gasteiger partial charge in [-0.25, -0.2) is 0 Å². The van der Waals surface area contributed by atoms with E-state index in [0.717, 1.165) is 5.01 Å². The van der Waals surface area contributed by atoms with E-state index in [1.165, 1.54) is 34.4 Å². The van der Waals surface area contributed by atoms with Crippen LogP contribution in [-0.4, -0.2) is 38.9 Å². The minimum atomic E-state index is -0.392. The van der Waals surface area contributed by atoms with Crippen molar-refractivity contribution in [2.45, 2.75) is 33.2 Å². The molecule has 0 unspecified atom stereocenters. The van der Waals surface area contributed by atoms with Gasteiger partial charge in [0.1, 0.15) is 5.01 Å². The highest BCUT2D eigenvalue weighted by atomic mass is 32.1. The molecule has 1 aliphatic rings. The highest BCUT2D eigenvalue weighted by Gasteiger charge is 2.38. The van der Waals surface area contributed by atoms with Crippen molar-refractivity contribution in [2.75, 3.05) is 5.32 Å². The van der Waals surface area contributed by atoms with Crippen molar-refractivity contribution in [3.63, 3.8) is 0 Å². The first kappa shape index (κ1) is 16.3. The summed E-state index contributed by atoms with van der Waals surface area (Å²) in [6.07, 6.45) is 0.676. The number of amides is 3. The molecule has 3 rings (SSSR count). The molecular weight excluding hydrogens is 328 g/mol. The van der Waals surface area contributed by atoms with Crippen LogP contribution in [0.4, 0.5) is 5.13 Å². The Bertz CT molecular complexity index is 846. The Morgan fingerprint density at radius 3 is 2.58 bits per heavy atom. The molecule has 124 valence electrons. The van der Waals surface area contributed by atoms with Crippen LogP contribution in [0.2, 0.25) is 0 Å². The van der Waals surface area contributed by atoms with Crippen LogP contribution in [0.5, 0.6) is 0 Å². The number of carbonyl (C=O) groups excluding carboxylic acids is 3. The Balaban J connectivity index is 1.88. The van der Waals surface area contributed by atoms with Gasteiger partial charge in [-0.15, -0.1) is 10.2 Å². The maximum Gasteiger partial charge on any atom is 0.261 e. The molecule has 2 aromatic rings. The third kappa shape index (κ3) is 2.69. The van der Waals surface area contributed by atoms with Crippen LogP contribution in [0.25, 0.3) is 0 Å². The van der Waals surface area contributed by atoms with E-state index in [0.29, 0.717) is 22.7 Å². The van der Waals surface area contributed by atoms with Crippen molar-refractivity contribution in [1.29, 1.82) is 0 Å². The van der Waals surface area contributed by atoms with E-state index in [1.54, 1.807) is 6.92 Å². The Morgan fingerprint density at radius 1 is 1.25 bits per heavy atom. The molecule has 1 aromatic carbocycles. The molecule has 0 radical (unpaired) electrons. The van der Waals surface area contributed by atoms with Crippen molar-refractivity contribution >= 4 is 34.2 Å². The van der Waals surface area contributed by atoms with Crippen LogP contribution >= 0.6 is 11.3 Å². The Hall–Kier alpha value is -2.61. The van der Waals surface area contributed by atoms with Crippen LogP contribution in [0.3, 0.4) is 0 Å². The summed E-state index contributed by atoms with van der Waals surface area (Å²) >= 11 is 1.26. The topological polar surface area (TPSA) is 92.3 Å². The summed E-state index contributed by atoms with van der Waals surface area (Å²) in [5.74, 6) is -1.06. The number of hydrogen-bond acceptors (Lipinski definition) is 6. The lowest BCUT2D eigenvalue weighted by Gasteiger charge is -2.20. The van der Waals surface area contributed by atoms with Crippen LogP contribution < -0.4 is 5.32 Å². The van der Waals surface area contributed by atoms with Crippen molar-refractivity contribution in [1.82, 2.24) is 15.1 Å². The maximum absolute atomic E-state index is 12.5. The van der Waals surface area contributed by atoms with Gasteiger partial charge in [0.2, 0.25) is 5.13 Å². The number of rotatable bonds is 4. The van der Waals surface area contributed by atoms with Crippen molar-refractivity contribution in [3.05, 3.63) is 39.9 Å². The standard InChI is InChI=1S/C16H16N4O3S/c1-4-8(2)20-14(22)11-6-5-10(7-12(11)15(20)23)13(21)17-16-19-18-9(3)24-16/h5-8H,4H2,1-3H3,(H,17,19,21)/t8-/m1/s1. The summed E-state index contributed by atoms with van der Waals surface area (Å²) < 4.78 is 0. The van der Waals surface area contributed by atoms with Gasteiger partial charge in [0.25, 0.3) is 17.7 Å². The van der Waals surface area contributed by atoms with Crippen LogP contribution in [0.15, 0.2) is 18.2 Å². The molecule has 24 heavy (non-hydrogen) atoms. The largest absolute Gasteiger partial charge is 0.296 e. The van der Waals surface area contributed by atoms with E-state index in [9.17, 15) is 14.4 Å². The molecule has 1 N–H and O–H groups in total. The summed E-state index contributed by atoms with van der Waals surface area (Å²) in [7, 11) is 0. The van der Waals surface area contributed by atoms with Gasteiger partial charge in [0, 0.05) is 11.6 Å².